The minimum atomic E-state index is -0.00563. The van der Waals surface area contributed by atoms with E-state index in [0.717, 1.165) is 24.0 Å². The van der Waals surface area contributed by atoms with Gasteiger partial charge in [0.25, 0.3) is 0 Å². The van der Waals surface area contributed by atoms with Gasteiger partial charge in [-0.2, -0.15) is 0 Å². The molecular weight excluding hydrogens is 359 g/mol. The van der Waals surface area contributed by atoms with Gasteiger partial charge in [0.15, 0.2) is 0 Å². The number of halogens is 2. The largest absolute Gasteiger partial charge is 0.102 e. The average molecular weight is 385 g/mol. The zero-order valence-corrected chi connectivity index (χ0v) is 17.2. The van der Waals surface area contributed by atoms with Crippen molar-refractivity contribution in [1.82, 2.24) is 0 Å². The Morgan fingerprint density at radius 1 is 1.00 bits per heavy atom. The van der Waals surface area contributed by atoms with E-state index in [2.05, 4.69) is 69.8 Å². The molecule has 0 heterocycles. The van der Waals surface area contributed by atoms with Gasteiger partial charge in [0.2, 0.25) is 0 Å². The third kappa shape index (κ3) is 5.90. The van der Waals surface area contributed by atoms with Gasteiger partial charge in [0, 0.05) is 5.41 Å². The second-order valence-electron chi connectivity index (χ2n) is 7.11. The van der Waals surface area contributed by atoms with Gasteiger partial charge in [-0.15, -0.1) is 6.58 Å². The fourth-order valence-corrected chi connectivity index (χ4v) is 2.97. The fraction of sp³-hybridized carbons (Fsp3) is 0.250. The van der Waals surface area contributed by atoms with Crippen LogP contribution in [-0.4, -0.2) is 0 Å². The first-order valence-corrected chi connectivity index (χ1v) is 9.60. The van der Waals surface area contributed by atoms with Gasteiger partial charge >= 0.3 is 0 Å². The zero-order valence-electron chi connectivity index (χ0n) is 15.7. The number of hydrogen-bond acceptors (Lipinski definition) is 0. The minimum absolute atomic E-state index is 0.00563. The predicted octanol–water partition coefficient (Wildman–Crippen LogP) is 8.61. The highest BCUT2D eigenvalue weighted by Crippen LogP contribution is 2.30. The molecular formula is C24H26Cl2. The molecule has 0 N–H and O–H groups in total. The molecule has 26 heavy (non-hydrogen) atoms. The molecule has 0 saturated heterocycles. The van der Waals surface area contributed by atoms with E-state index >= 15 is 0 Å². The van der Waals surface area contributed by atoms with Crippen molar-refractivity contribution in [2.75, 3.05) is 0 Å². The summed E-state index contributed by atoms with van der Waals surface area (Å²) in [6, 6.07) is 14.2. The van der Waals surface area contributed by atoms with Gasteiger partial charge in [0.1, 0.15) is 0 Å². The fourth-order valence-electron chi connectivity index (χ4n) is 2.67. The molecule has 0 saturated carbocycles. The van der Waals surface area contributed by atoms with Crippen LogP contribution in [0.5, 0.6) is 0 Å². The summed E-state index contributed by atoms with van der Waals surface area (Å²) in [5.41, 5.74) is 4.71. The number of allylic oxidation sites excluding steroid dienone is 4. The molecule has 1 atom stereocenters. The summed E-state index contributed by atoms with van der Waals surface area (Å²) < 4.78 is 0. The van der Waals surface area contributed by atoms with E-state index < -0.39 is 0 Å². The number of hydrogen-bond donors (Lipinski definition) is 0. The molecule has 2 aromatic carbocycles. The van der Waals surface area contributed by atoms with Crippen molar-refractivity contribution in [3.05, 3.63) is 88.5 Å². The molecule has 0 amide bonds. The third-order valence-corrected chi connectivity index (χ3v) is 5.26. The van der Waals surface area contributed by atoms with E-state index in [1.807, 2.05) is 24.3 Å². The molecule has 2 heteroatoms. The highest BCUT2D eigenvalue weighted by atomic mass is 35.5. The molecule has 0 nitrogen and oxygen atoms in total. The Labute approximate surface area is 167 Å². The Morgan fingerprint density at radius 3 is 2.23 bits per heavy atom. The molecule has 0 unspecified atom stereocenters. The molecule has 0 aliphatic heterocycles. The Kier molecular flexibility index (Phi) is 7.32. The lowest BCUT2D eigenvalue weighted by molar-refractivity contribution is 0.508. The summed E-state index contributed by atoms with van der Waals surface area (Å²) in [5, 5.41) is 1.15. The van der Waals surface area contributed by atoms with Crippen LogP contribution in [0.25, 0.3) is 17.2 Å². The van der Waals surface area contributed by atoms with Crippen molar-refractivity contribution in [3.8, 4) is 11.1 Å². The second kappa shape index (κ2) is 9.26. The lowest BCUT2D eigenvalue weighted by atomic mass is 9.84. The summed E-state index contributed by atoms with van der Waals surface area (Å²) in [7, 11) is 0. The van der Waals surface area contributed by atoms with Crippen molar-refractivity contribution < 1.29 is 0 Å². The summed E-state index contributed by atoms with van der Waals surface area (Å²) >= 11 is 12.1. The minimum Gasteiger partial charge on any atom is -0.102 e. The van der Waals surface area contributed by atoms with E-state index in [0.29, 0.717) is 10.0 Å². The third-order valence-electron chi connectivity index (χ3n) is 4.52. The van der Waals surface area contributed by atoms with Gasteiger partial charge in [-0.05, 0) is 55.5 Å². The van der Waals surface area contributed by atoms with Crippen molar-refractivity contribution in [2.24, 2.45) is 5.41 Å². The Bertz CT molecular complexity index is 809. The molecule has 0 aliphatic rings. The molecule has 2 rings (SSSR count). The normalized spacial score (nSPS) is 13.4. The quantitative estimate of drug-likeness (QED) is 0.419. The van der Waals surface area contributed by atoms with Gasteiger partial charge in [-0.1, -0.05) is 90.3 Å². The summed E-state index contributed by atoms with van der Waals surface area (Å²) in [6.45, 7) is 10.5. The van der Waals surface area contributed by atoms with Crippen molar-refractivity contribution in [1.29, 1.82) is 0 Å². The van der Waals surface area contributed by atoms with Crippen LogP contribution >= 0.6 is 23.2 Å². The lowest BCUT2D eigenvalue weighted by Crippen LogP contribution is -2.08. The van der Waals surface area contributed by atoms with Gasteiger partial charge in [0.05, 0.1) is 10.0 Å². The maximum absolute atomic E-state index is 6.12. The van der Waals surface area contributed by atoms with Crippen LogP contribution in [0.4, 0.5) is 0 Å². The van der Waals surface area contributed by atoms with Crippen LogP contribution in [0.2, 0.25) is 10.0 Å². The molecule has 0 spiro atoms. The second-order valence-corrected chi connectivity index (χ2v) is 7.93. The first kappa shape index (κ1) is 20.6. The molecule has 0 aliphatic carbocycles. The summed E-state index contributed by atoms with van der Waals surface area (Å²) in [4.78, 5) is 0. The molecule has 0 aromatic heterocycles. The molecule has 0 bridgehead atoms. The van der Waals surface area contributed by atoms with Gasteiger partial charge in [-0.3, -0.25) is 0 Å². The SMILES string of the molecule is C=C[C@@](C)(/C=C/c1ccc(-c2ccc(Cl)c(Cl)c2)cc1)CCC=C(C)C. The number of rotatable bonds is 7. The molecule has 2 aromatic rings. The van der Waals surface area contributed by atoms with E-state index in [1.165, 1.54) is 11.1 Å². The Hall–Kier alpha value is -1.76. The van der Waals surface area contributed by atoms with Crippen LogP contribution in [0.1, 0.15) is 39.2 Å². The van der Waals surface area contributed by atoms with E-state index in [4.69, 9.17) is 23.2 Å². The van der Waals surface area contributed by atoms with Crippen LogP contribution in [0.3, 0.4) is 0 Å². The smallest absolute Gasteiger partial charge is 0.0598 e. The lowest BCUT2D eigenvalue weighted by Gasteiger charge is -2.20. The molecule has 0 radical (unpaired) electrons. The average Bonchev–Trinajstić information content (AvgIpc) is 2.62. The van der Waals surface area contributed by atoms with Crippen LogP contribution < -0.4 is 0 Å². The molecule has 0 fully saturated rings. The van der Waals surface area contributed by atoms with Crippen molar-refractivity contribution in [3.63, 3.8) is 0 Å². The maximum Gasteiger partial charge on any atom is 0.0598 e. The summed E-state index contributed by atoms with van der Waals surface area (Å²) in [5.74, 6) is 0. The number of benzene rings is 2. The topological polar surface area (TPSA) is 0 Å². The van der Waals surface area contributed by atoms with Crippen LogP contribution in [0, 0.1) is 5.41 Å². The van der Waals surface area contributed by atoms with Crippen molar-refractivity contribution >= 4 is 29.3 Å². The van der Waals surface area contributed by atoms with Crippen LogP contribution in [-0.2, 0) is 0 Å². The monoisotopic (exact) mass is 384 g/mol. The molecule has 136 valence electrons. The van der Waals surface area contributed by atoms with E-state index in [9.17, 15) is 0 Å². The van der Waals surface area contributed by atoms with E-state index in [-0.39, 0.29) is 5.41 Å². The summed E-state index contributed by atoms with van der Waals surface area (Å²) in [6.07, 6.45) is 10.8. The Balaban J connectivity index is 2.11. The maximum atomic E-state index is 6.12. The first-order chi connectivity index (χ1) is 12.3. The first-order valence-electron chi connectivity index (χ1n) is 8.85. The predicted molar refractivity (Wildman–Crippen MR) is 118 cm³/mol. The van der Waals surface area contributed by atoms with E-state index in [1.54, 1.807) is 0 Å². The van der Waals surface area contributed by atoms with Crippen molar-refractivity contribution in [2.45, 2.75) is 33.6 Å². The standard InChI is InChI=1S/C24H26Cl2/c1-5-24(4,15-6-7-18(2)3)16-14-19-8-10-20(11-9-19)21-12-13-22(25)23(26)17-21/h5,7-14,16-17H,1,6,15H2,2-4H3/b16-14+/t24-/m1/s1. The zero-order chi connectivity index (χ0) is 19.2. The van der Waals surface area contributed by atoms with Gasteiger partial charge < -0.3 is 0 Å². The van der Waals surface area contributed by atoms with Gasteiger partial charge in [-0.25, -0.2) is 0 Å². The van der Waals surface area contributed by atoms with Crippen LogP contribution in [0.15, 0.2) is 72.8 Å². The highest BCUT2D eigenvalue weighted by Gasteiger charge is 2.15. The Morgan fingerprint density at radius 2 is 1.65 bits per heavy atom. The highest BCUT2D eigenvalue weighted by molar-refractivity contribution is 6.42.